The van der Waals surface area contributed by atoms with Crippen LogP contribution in [0, 0.1) is 0 Å². The van der Waals surface area contributed by atoms with Gasteiger partial charge in [-0.05, 0) is 6.42 Å². The van der Waals surface area contributed by atoms with Crippen LogP contribution in [0.5, 0.6) is 0 Å². The lowest BCUT2D eigenvalue weighted by atomic mass is 9.94. The van der Waals surface area contributed by atoms with Crippen LogP contribution >= 0.6 is 0 Å². The highest BCUT2D eigenvalue weighted by molar-refractivity contribution is 5.01. The first-order valence-corrected chi connectivity index (χ1v) is 23.9. The third-order valence-electron chi connectivity index (χ3n) is 13.9. The van der Waals surface area contributed by atoms with Crippen LogP contribution in [0.1, 0.15) is 12.8 Å². The Bertz CT molecular complexity index is 1680. The second-order valence-electron chi connectivity index (χ2n) is 18.8. The van der Waals surface area contributed by atoms with Gasteiger partial charge in [0.1, 0.15) is 146 Å². The average Bonchev–Trinajstić information content (AvgIpc) is 3.38. The van der Waals surface area contributed by atoms with Crippen LogP contribution < -0.4 is 0 Å². The molecule has 22 saturated heterocycles. The number of aliphatic hydroxyl groups excluding tert-OH is 20. The van der Waals surface area contributed by atoms with E-state index in [2.05, 4.69) is 0 Å². The molecule has 0 radical (unpaired) electrons. The first kappa shape index (κ1) is 60.3. The van der Waals surface area contributed by atoms with Gasteiger partial charge in [-0.1, -0.05) is 0 Å². The quantitative estimate of drug-likeness (QED) is 0.0807. The average molecular weight is 1090 g/mol. The molecule has 20 N–H and O–H groups in total. The molecule has 22 fully saturated rings. The van der Waals surface area contributed by atoms with Crippen molar-refractivity contribution in [1.29, 1.82) is 0 Å². The third-order valence-corrected chi connectivity index (χ3v) is 13.9. The van der Waals surface area contributed by atoms with Crippen molar-refractivity contribution >= 4 is 0 Å². The van der Waals surface area contributed by atoms with Gasteiger partial charge in [-0.3, -0.25) is 0 Å². The summed E-state index contributed by atoms with van der Waals surface area (Å²) in [7, 11) is 0. The maximum atomic E-state index is 11.8. The molecule has 0 saturated carbocycles. The standard InChI is InChI=1S/C41H70O33/c42-2-1-10(49)3-17(50)68-35-28(61)41-67-16(9-48)34(35)74-40-27(60)22(55)32(14(7-46)66-40)72-38-25(58)20(53)30(12(5-44)64-38)70-36-23(56)18(51)29(11(4-43)62-36)69-37-24(57)19(52)31(13(6-45)63-37)71-39-26(59)21(54)33(73-41)15(8-47)65-39/h10-61H,1-9H2/t10?,11-,12-,13-,14-,15-,16-,17?,18-,19-,20-,21-,22-,23-,24-,25-,26-,27-,28-,29-,30-,31-,32-,33-,34+,35-,36-,37-,38-,39-,40-,41-/m1/s1. The van der Waals surface area contributed by atoms with Gasteiger partial charge in [-0.2, -0.15) is 0 Å². The predicted molar refractivity (Wildman–Crippen MR) is 223 cm³/mol. The first-order chi connectivity index (χ1) is 35.2. The van der Waals surface area contributed by atoms with E-state index >= 15 is 0 Å². The van der Waals surface area contributed by atoms with Crippen LogP contribution in [-0.2, 0) is 61.6 Å². The first-order valence-electron chi connectivity index (χ1n) is 23.9. The van der Waals surface area contributed by atoms with E-state index in [-0.39, 0.29) is 6.42 Å². The SMILES string of the molecule is OCCC(O)CC(O)O[C@@H]1[C@@H](O)[C@H]2O[C@H]3[C@H](O)[C@@H](O)[C@@H](O[C@H]4[C@H](O)[C@@H](O)[C@@H](O[C@H]5[C@H](O)[C@@H](O)[C@@H](O[C@H]6[C@H](O)[C@@H](O)[C@@H](O[C@H]7[C@H](O)[C@@H](O)[C@@H](O[C@H]1[C@@H](CO)O2)O[C@@H]7CO)O[C@@H]6CO)O[C@@H]5CO)O[C@@H]4CO)O[C@@H]3CO. The van der Waals surface area contributed by atoms with Crippen LogP contribution in [0.2, 0.25) is 0 Å². The maximum absolute atomic E-state index is 11.8. The maximum Gasteiger partial charge on any atom is 0.187 e. The Balaban J connectivity index is 1.23. The van der Waals surface area contributed by atoms with E-state index in [1.807, 2.05) is 0 Å². The van der Waals surface area contributed by atoms with Crippen molar-refractivity contribution in [2.75, 3.05) is 46.2 Å². The molecular formula is C41H70O33. The van der Waals surface area contributed by atoms with E-state index in [4.69, 9.17) is 61.6 Å². The van der Waals surface area contributed by atoms with E-state index in [1.54, 1.807) is 0 Å². The second-order valence-corrected chi connectivity index (χ2v) is 18.8. The number of hydrogen-bond acceptors (Lipinski definition) is 33. The van der Waals surface area contributed by atoms with Crippen molar-refractivity contribution in [3.63, 3.8) is 0 Å². The molecule has 22 rings (SSSR count). The van der Waals surface area contributed by atoms with Gasteiger partial charge in [0.25, 0.3) is 0 Å². The number of hydrogen-bond donors (Lipinski definition) is 20. The molecule has 32 atom stereocenters. The minimum Gasteiger partial charge on any atom is -0.396 e. The van der Waals surface area contributed by atoms with E-state index in [0.29, 0.717) is 0 Å². The zero-order valence-corrected chi connectivity index (χ0v) is 39.1. The fourth-order valence-corrected chi connectivity index (χ4v) is 9.80. The van der Waals surface area contributed by atoms with E-state index in [9.17, 15) is 102 Å². The van der Waals surface area contributed by atoms with Gasteiger partial charge in [0.15, 0.2) is 44.0 Å². The topological polar surface area (TPSA) is 525 Å². The second kappa shape index (κ2) is 26.3. The Hall–Kier alpha value is -1.32. The molecule has 0 spiro atoms. The summed E-state index contributed by atoms with van der Waals surface area (Å²) in [6.45, 7) is -6.79. The van der Waals surface area contributed by atoms with Gasteiger partial charge in [-0.15, -0.1) is 0 Å². The highest BCUT2D eigenvalue weighted by Gasteiger charge is 2.59. The highest BCUT2D eigenvalue weighted by atomic mass is 16.8. The smallest absolute Gasteiger partial charge is 0.187 e. The van der Waals surface area contributed by atoms with Gasteiger partial charge in [0.05, 0.1) is 45.7 Å². The summed E-state index contributed by atoms with van der Waals surface area (Å²) in [5, 5.41) is 218. The molecule has 0 aromatic heterocycles. The van der Waals surface area contributed by atoms with Crippen molar-refractivity contribution in [3.8, 4) is 0 Å². The summed E-state index contributed by atoms with van der Waals surface area (Å²) in [5.74, 6) is 0. The zero-order chi connectivity index (χ0) is 54.0. The molecular weight excluding hydrogens is 1020 g/mol. The summed E-state index contributed by atoms with van der Waals surface area (Å²) < 4.78 is 74.6. The van der Waals surface area contributed by atoms with E-state index in [1.165, 1.54) is 0 Å². The van der Waals surface area contributed by atoms with Crippen LogP contribution in [0.15, 0.2) is 0 Å². The Morgan fingerprint density at radius 2 is 0.527 bits per heavy atom. The summed E-state index contributed by atoms with van der Waals surface area (Å²) in [6.07, 6.45) is -64.3. The molecule has 0 aliphatic carbocycles. The summed E-state index contributed by atoms with van der Waals surface area (Å²) in [5.41, 5.74) is 0. The molecule has 33 nitrogen and oxygen atoms in total. The highest BCUT2D eigenvalue weighted by Crippen LogP contribution is 2.39. The Morgan fingerprint density at radius 1 is 0.297 bits per heavy atom. The molecule has 0 aromatic carbocycles. The largest absolute Gasteiger partial charge is 0.396 e. The van der Waals surface area contributed by atoms with Crippen LogP contribution in [-0.4, -0.2) is 345 Å². The van der Waals surface area contributed by atoms with E-state index in [0.717, 1.165) is 0 Å². The Labute approximate surface area is 419 Å². The lowest BCUT2D eigenvalue weighted by molar-refractivity contribution is -0.407. The molecule has 0 amide bonds. The third kappa shape index (κ3) is 12.5. The lowest BCUT2D eigenvalue weighted by Crippen LogP contribution is -2.69. The molecule has 22 aliphatic heterocycles. The minimum absolute atomic E-state index is 0.251. The van der Waals surface area contributed by atoms with Gasteiger partial charge in [0.2, 0.25) is 0 Å². The van der Waals surface area contributed by atoms with Crippen LogP contribution in [0.4, 0.5) is 0 Å². The van der Waals surface area contributed by atoms with Gasteiger partial charge < -0.3 is 164 Å². The Morgan fingerprint density at radius 3 is 0.770 bits per heavy atom. The molecule has 22 aliphatic rings. The number of ether oxygens (including phenoxy) is 13. The van der Waals surface area contributed by atoms with Crippen molar-refractivity contribution in [2.24, 2.45) is 0 Å². The lowest BCUT2D eigenvalue weighted by Gasteiger charge is -2.51. The predicted octanol–water partition coefficient (Wildman–Crippen LogP) is -13.6. The fraction of sp³-hybridized carbons (Fsp3) is 1.00. The van der Waals surface area contributed by atoms with Gasteiger partial charge in [-0.25, -0.2) is 0 Å². The van der Waals surface area contributed by atoms with Gasteiger partial charge >= 0.3 is 0 Å². The van der Waals surface area contributed by atoms with Crippen molar-refractivity contribution in [3.05, 3.63) is 0 Å². The normalized spacial score (nSPS) is 51.6. The number of rotatable bonds is 12. The zero-order valence-electron chi connectivity index (χ0n) is 39.1. The Kier molecular flexibility index (Phi) is 21.4. The van der Waals surface area contributed by atoms with Gasteiger partial charge in [0, 0.05) is 13.0 Å². The monoisotopic (exact) mass is 1090 g/mol. The molecule has 33 heteroatoms. The van der Waals surface area contributed by atoms with Crippen molar-refractivity contribution < 1.29 is 164 Å². The minimum atomic E-state index is -2.24. The number of aliphatic hydroxyl groups is 20. The molecule has 432 valence electrons. The molecule has 22 heterocycles. The van der Waals surface area contributed by atoms with Crippen LogP contribution in [0.3, 0.4) is 0 Å². The molecule has 12 bridgehead atoms. The summed E-state index contributed by atoms with van der Waals surface area (Å²) in [6, 6.07) is 0. The fourth-order valence-electron chi connectivity index (χ4n) is 9.80. The summed E-state index contributed by atoms with van der Waals surface area (Å²) in [4.78, 5) is 0. The molecule has 2 unspecified atom stereocenters. The van der Waals surface area contributed by atoms with Crippen molar-refractivity contribution in [2.45, 2.75) is 209 Å². The molecule has 0 aromatic rings. The molecule has 74 heavy (non-hydrogen) atoms. The van der Waals surface area contributed by atoms with Crippen molar-refractivity contribution in [1.82, 2.24) is 0 Å². The summed E-state index contributed by atoms with van der Waals surface area (Å²) >= 11 is 0. The van der Waals surface area contributed by atoms with Crippen LogP contribution in [0.25, 0.3) is 0 Å². The van der Waals surface area contributed by atoms with E-state index < -0.39 is 249 Å².